The molecule has 0 unspecified atom stereocenters. The fourth-order valence-corrected chi connectivity index (χ4v) is 1.93. The highest BCUT2D eigenvalue weighted by molar-refractivity contribution is 7.98. The van der Waals surface area contributed by atoms with E-state index in [9.17, 15) is 4.39 Å². The molecule has 2 nitrogen and oxygen atoms in total. The van der Waals surface area contributed by atoms with Crippen molar-refractivity contribution in [1.29, 1.82) is 5.26 Å². The molecule has 90 valence electrons. The van der Waals surface area contributed by atoms with E-state index in [1.165, 1.54) is 17.0 Å². The minimum atomic E-state index is -0.511. The third-order valence-electron chi connectivity index (χ3n) is 2.47. The average Bonchev–Trinajstić information content (AvgIpc) is 2.40. The average molecular weight is 258 g/mol. The second kappa shape index (κ2) is 5.56. The van der Waals surface area contributed by atoms with Crippen molar-refractivity contribution < 1.29 is 4.39 Å². The molecule has 18 heavy (non-hydrogen) atoms. The monoisotopic (exact) mass is 258 g/mol. The van der Waals surface area contributed by atoms with Gasteiger partial charge < -0.3 is 5.32 Å². The Morgan fingerprint density at radius 1 is 1.11 bits per heavy atom. The summed E-state index contributed by atoms with van der Waals surface area (Å²) in [6.45, 7) is 0. The molecule has 0 aliphatic heterocycles. The van der Waals surface area contributed by atoms with Crippen LogP contribution in [0.4, 0.5) is 15.8 Å². The number of nitrogens with zero attached hydrogens (tertiary/aromatic N) is 1. The summed E-state index contributed by atoms with van der Waals surface area (Å²) < 4.78 is 13.4. The molecule has 4 heteroatoms. The van der Waals surface area contributed by atoms with E-state index >= 15 is 0 Å². The van der Waals surface area contributed by atoms with E-state index in [1.807, 2.05) is 30.5 Å². The fraction of sp³-hybridized carbons (Fsp3) is 0.0714. The summed E-state index contributed by atoms with van der Waals surface area (Å²) in [5.74, 6) is -0.511. The standard InChI is InChI=1S/C14H11FN2S/c1-18-13-6-4-11(5-7-13)17-12-3-2-10(9-16)14(15)8-12/h2-8,17H,1H3. The van der Waals surface area contributed by atoms with Crippen LogP contribution in [-0.4, -0.2) is 6.26 Å². The van der Waals surface area contributed by atoms with E-state index in [4.69, 9.17) is 5.26 Å². The predicted octanol–water partition coefficient (Wildman–Crippen LogP) is 4.16. The number of hydrogen-bond donors (Lipinski definition) is 1. The first-order chi connectivity index (χ1) is 8.72. The summed E-state index contributed by atoms with van der Waals surface area (Å²) in [4.78, 5) is 1.17. The van der Waals surface area contributed by atoms with E-state index in [-0.39, 0.29) is 5.56 Å². The number of nitriles is 1. The van der Waals surface area contributed by atoms with Gasteiger partial charge in [-0.2, -0.15) is 5.26 Å². The van der Waals surface area contributed by atoms with Gasteiger partial charge in [0.1, 0.15) is 11.9 Å². The molecule has 1 N–H and O–H groups in total. The number of thioether (sulfide) groups is 1. The molecule has 0 atom stereocenters. The molecule has 0 amide bonds. The minimum Gasteiger partial charge on any atom is -0.355 e. The van der Waals surface area contributed by atoms with Crippen LogP contribution in [0.1, 0.15) is 5.56 Å². The van der Waals surface area contributed by atoms with Crippen LogP contribution in [0.25, 0.3) is 0 Å². The van der Waals surface area contributed by atoms with E-state index in [0.29, 0.717) is 5.69 Å². The van der Waals surface area contributed by atoms with Gasteiger partial charge in [0, 0.05) is 16.3 Å². The lowest BCUT2D eigenvalue weighted by atomic mass is 10.2. The third-order valence-corrected chi connectivity index (χ3v) is 3.21. The van der Waals surface area contributed by atoms with Crippen LogP contribution in [0.5, 0.6) is 0 Å². The number of halogens is 1. The first-order valence-electron chi connectivity index (χ1n) is 5.33. The molecule has 2 aromatic rings. The summed E-state index contributed by atoms with van der Waals surface area (Å²) in [5.41, 5.74) is 1.57. The van der Waals surface area contributed by atoms with Crippen molar-refractivity contribution in [1.82, 2.24) is 0 Å². The largest absolute Gasteiger partial charge is 0.355 e. The first kappa shape index (κ1) is 12.5. The van der Waals surface area contributed by atoms with Gasteiger partial charge >= 0.3 is 0 Å². The van der Waals surface area contributed by atoms with Gasteiger partial charge in [-0.15, -0.1) is 11.8 Å². The summed E-state index contributed by atoms with van der Waals surface area (Å²) in [6, 6.07) is 14.1. The number of hydrogen-bond acceptors (Lipinski definition) is 3. The zero-order valence-corrected chi connectivity index (χ0v) is 10.6. The maximum Gasteiger partial charge on any atom is 0.143 e. The SMILES string of the molecule is CSc1ccc(Nc2ccc(C#N)c(F)c2)cc1. The van der Waals surface area contributed by atoms with Gasteiger partial charge in [0.05, 0.1) is 5.56 Å². The van der Waals surface area contributed by atoms with Gasteiger partial charge in [-0.25, -0.2) is 4.39 Å². The van der Waals surface area contributed by atoms with Crippen LogP contribution in [0, 0.1) is 17.1 Å². The molecular weight excluding hydrogens is 247 g/mol. The molecule has 0 saturated heterocycles. The highest BCUT2D eigenvalue weighted by Crippen LogP contribution is 2.22. The highest BCUT2D eigenvalue weighted by atomic mass is 32.2. The summed E-state index contributed by atoms with van der Waals surface area (Å²) in [7, 11) is 0. The van der Waals surface area contributed by atoms with E-state index < -0.39 is 5.82 Å². The summed E-state index contributed by atoms with van der Waals surface area (Å²) >= 11 is 1.67. The molecule has 0 aliphatic carbocycles. The molecular formula is C14H11FN2S. The van der Waals surface area contributed by atoms with Crippen molar-refractivity contribution >= 4 is 23.1 Å². The first-order valence-corrected chi connectivity index (χ1v) is 6.56. The van der Waals surface area contributed by atoms with E-state index in [1.54, 1.807) is 23.9 Å². The zero-order chi connectivity index (χ0) is 13.0. The smallest absolute Gasteiger partial charge is 0.143 e. The second-order valence-electron chi connectivity index (χ2n) is 3.66. The molecule has 2 rings (SSSR count). The summed E-state index contributed by atoms with van der Waals surface area (Å²) in [6.07, 6.45) is 2.01. The molecule has 0 aliphatic rings. The fourth-order valence-electron chi connectivity index (χ4n) is 1.52. The Balaban J connectivity index is 2.18. The van der Waals surface area contributed by atoms with Crippen molar-refractivity contribution in [3.05, 3.63) is 53.8 Å². The molecule has 2 aromatic carbocycles. The maximum atomic E-state index is 13.4. The Labute approximate surface area is 109 Å². The van der Waals surface area contributed by atoms with E-state index in [2.05, 4.69) is 5.32 Å². The van der Waals surface area contributed by atoms with Crippen LogP contribution in [-0.2, 0) is 0 Å². The molecule has 0 bridgehead atoms. The van der Waals surface area contributed by atoms with Gasteiger partial charge in [-0.3, -0.25) is 0 Å². The Morgan fingerprint density at radius 3 is 2.33 bits per heavy atom. The van der Waals surface area contributed by atoms with E-state index in [0.717, 1.165) is 5.69 Å². The molecule has 0 radical (unpaired) electrons. The number of benzene rings is 2. The number of nitrogens with one attached hydrogen (secondary N) is 1. The molecule has 0 saturated carbocycles. The van der Waals surface area contributed by atoms with Crippen LogP contribution < -0.4 is 5.32 Å². The van der Waals surface area contributed by atoms with Crippen molar-refractivity contribution in [2.24, 2.45) is 0 Å². The Bertz CT molecular complexity index is 588. The molecule has 0 spiro atoms. The van der Waals surface area contributed by atoms with Gasteiger partial charge in [-0.05, 0) is 48.7 Å². The van der Waals surface area contributed by atoms with Crippen LogP contribution in [0.3, 0.4) is 0 Å². The lowest BCUT2D eigenvalue weighted by molar-refractivity contribution is 0.624. The van der Waals surface area contributed by atoms with Gasteiger partial charge in [0.25, 0.3) is 0 Å². The highest BCUT2D eigenvalue weighted by Gasteiger charge is 2.02. The summed E-state index contributed by atoms with van der Waals surface area (Å²) in [5, 5.41) is 11.7. The predicted molar refractivity (Wildman–Crippen MR) is 72.6 cm³/mol. The molecule has 0 fully saturated rings. The third kappa shape index (κ3) is 2.82. The minimum absolute atomic E-state index is 0.0540. The van der Waals surface area contributed by atoms with Crippen molar-refractivity contribution in [2.45, 2.75) is 4.90 Å². The van der Waals surface area contributed by atoms with Crippen molar-refractivity contribution in [3.63, 3.8) is 0 Å². The van der Waals surface area contributed by atoms with Gasteiger partial charge in [0.2, 0.25) is 0 Å². The van der Waals surface area contributed by atoms with Crippen molar-refractivity contribution in [2.75, 3.05) is 11.6 Å². The van der Waals surface area contributed by atoms with Crippen LogP contribution >= 0.6 is 11.8 Å². The second-order valence-corrected chi connectivity index (χ2v) is 4.54. The Kier molecular flexibility index (Phi) is 3.85. The quantitative estimate of drug-likeness (QED) is 0.839. The molecule has 0 heterocycles. The maximum absolute atomic E-state index is 13.4. The van der Waals surface area contributed by atoms with Gasteiger partial charge in [-0.1, -0.05) is 0 Å². The van der Waals surface area contributed by atoms with Gasteiger partial charge in [0.15, 0.2) is 0 Å². The molecule has 0 aromatic heterocycles. The number of anilines is 2. The zero-order valence-electron chi connectivity index (χ0n) is 9.77. The topological polar surface area (TPSA) is 35.8 Å². The lowest BCUT2D eigenvalue weighted by Crippen LogP contribution is -1.92. The van der Waals surface area contributed by atoms with Crippen molar-refractivity contribution in [3.8, 4) is 6.07 Å². The Hall–Kier alpha value is -1.99. The Morgan fingerprint density at radius 2 is 1.78 bits per heavy atom. The normalized spacial score (nSPS) is 9.83. The lowest BCUT2D eigenvalue weighted by Gasteiger charge is -2.07. The van der Waals surface area contributed by atoms with Crippen LogP contribution in [0.2, 0.25) is 0 Å². The number of rotatable bonds is 3. The van der Waals surface area contributed by atoms with Crippen LogP contribution in [0.15, 0.2) is 47.4 Å².